The Bertz CT molecular complexity index is 470. The molecule has 0 saturated carbocycles. The van der Waals surface area contributed by atoms with Gasteiger partial charge in [0.05, 0.1) is 0 Å². The summed E-state index contributed by atoms with van der Waals surface area (Å²) < 4.78 is 10.3. The van der Waals surface area contributed by atoms with Crippen LogP contribution in [0.4, 0.5) is 0 Å². The molecule has 1 aromatic heterocycles. The van der Waals surface area contributed by atoms with E-state index in [1.165, 1.54) is 0 Å². The quantitative estimate of drug-likeness (QED) is 0.845. The molecule has 1 aromatic carbocycles. The smallest absolute Gasteiger partial charge is 0.121 e. The summed E-state index contributed by atoms with van der Waals surface area (Å²) in [6.07, 6.45) is 0. The Balaban J connectivity index is 1.73. The van der Waals surface area contributed by atoms with Gasteiger partial charge in [-0.25, -0.2) is 4.63 Å². The lowest BCUT2D eigenvalue weighted by Crippen LogP contribution is -2.31. The molecule has 18 heavy (non-hydrogen) atoms. The van der Waals surface area contributed by atoms with Gasteiger partial charge >= 0.3 is 0 Å². The van der Waals surface area contributed by atoms with E-state index in [-0.39, 0.29) is 6.04 Å². The molecule has 0 spiro atoms. The first-order chi connectivity index (χ1) is 8.75. The van der Waals surface area contributed by atoms with Crippen molar-refractivity contribution in [3.8, 4) is 5.75 Å². The Kier molecular flexibility index (Phi) is 4.30. The van der Waals surface area contributed by atoms with Crippen molar-refractivity contribution in [1.29, 1.82) is 0 Å². The maximum Gasteiger partial charge on any atom is 0.121 e. The Morgan fingerprint density at radius 2 is 2.06 bits per heavy atom. The summed E-state index contributed by atoms with van der Waals surface area (Å²) in [5, 5.41) is 10.9. The average molecular weight is 247 g/mol. The van der Waals surface area contributed by atoms with Crippen molar-refractivity contribution in [2.75, 3.05) is 6.61 Å². The van der Waals surface area contributed by atoms with Crippen LogP contribution < -0.4 is 10.1 Å². The van der Waals surface area contributed by atoms with Crippen LogP contribution in [0, 0.1) is 6.92 Å². The number of nitrogens with one attached hydrogen (secondary N) is 1. The third kappa shape index (κ3) is 3.56. The van der Waals surface area contributed by atoms with Crippen LogP contribution in [0.15, 0.2) is 35.0 Å². The number of hydrogen-bond donors (Lipinski definition) is 1. The van der Waals surface area contributed by atoms with Gasteiger partial charge < -0.3 is 10.1 Å². The minimum Gasteiger partial charge on any atom is -0.492 e. The molecule has 2 aromatic rings. The van der Waals surface area contributed by atoms with E-state index in [4.69, 9.17) is 4.74 Å². The molecule has 5 heteroatoms. The summed E-state index contributed by atoms with van der Waals surface area (Å²) in [5.74, 6) is 0.880. The van der Waals surface area contributed by atoms with E-state index < -0.39 is 0 Å². The van der Waals surface area contributed by atoms with E-state index >= 15 is 0 Å². The number of para-hydroxylation sites is 1. The van der Waals surface area contributed by atoms with Crippen molar-refractivity contribution >= 4 is 0 Å². The first kappa shape index (κ1) is 12.6. The third-order valence-corrected chi connectivity index (χ3v) is 2.61. The molecule has 0 amide bonds. The van der Waals surface area contributed by atoms with E-state index in [1.54, 1.807) is 0 Å². The van der Waals surface area contributed by atoms with Gasteiger partial charge in [0, 0.05) is 12.6 Å². The van der Waals surface area contributed by atoms with Gasteiger partial charge in [-0.3, -0.25) is 0 Å². The number of hydrogen-bond acceptors (Lipinski definition) is 5. The van der Waals surface area contributed by atoms with Gasteiger partial charge in [-0.15, -0.1) is 0 Å². The lowest BCUT2D eigenvalue weighted by Gasteiger charge is -2.14. The number of nitrogens with zero attached hydrogens (tertiary/aromatic N) is 2. The first-order valence-corrected chi connectivity index (χ1v) is 5.95. The minimum atomic E-state index is 0.223. The first-order valence-electron chi connectivity index (χ1n) is 5.95. The molecule has 96 valence electrons. The van der Waals surface area contributed by atoms with Crippen molar-refractivity contribution in [1.82, 2.24) is 15.6 Å². The Labute approximate surface area is 106 Å². The molecule has 0 aliphatic heterocycles. The Hall–Kier alpha value is -1.88. The summed E-state index contributed by atoms with van der Waals surface area (Å²) in [6, 6.07) is 9.99. The molecule has 5 nitrogen and oxygen atoms in total. The van der Waals surface area contributed by atoms with E-state index in [0.717, 1.165) is 17.1 Å². The molecule has 1 N–H and O–H groups in total. The van der Waals surface area contributed by atoms with Gasteiger partial charge in [0.25, 0.3) is 0 Å². The lowest BCUT2D eigenvalue weighted by atomic mass is 10.3. The van der Waals surface area contributed by atoms with Crippen LogP contribution >= 0.6 is 0 Å². The van der Waals surface area contributed by atoms with Crippen LogP contribution in [0.5, 0.6) is 5.75 Å². The zero-order valence-electron chi connectivity index (χ0n) is 10.6. The molecule has 0 saturated heterocycles. The van der Waals surface area contributed by atoms with Gasteiger partial charge in [-0.1, -0.05) is 28.5 Å². The zero-order chi connectivity index (χ0) is 12.8. The normalized spacial score (nSPS) is 12.3. The van der Waals surface area contributed by atoms with Crippen LogP contribution in [0.2, 0.25) is 0 Å². The van der Waals surface area contributed by atoms with E-state index in [2.05, 4.69) is 27.2 Å². The fraction of sp³-hybridized carbons (Fsp3) is 0.385. The Morgan fingerprint density at radius 3 is 2.72 bits per heavy atom. The van der Waals surface area contributed by atoms with Gasteiger partial charge in [0.1, 0.15) is 23.7 Å². The summed E-state index contributed by atoms with van der Waals surface area (Å²) in [5.41, 5.74) is 1.65. The average Bonchev–Trinajstić information content (AvgIpc) is 2.81. The third-order valence-electron chi connectivity index (χ3n) is 2.61. The van der Waals surface area contributed by atoms with E-state index in [9.17, 15) is 0 Å². The molecule has 0 radical (unpaired) electrons. The lowest BCUT2D eigenvalue weighted by molar-refractivity contribution is 0.269. The SMILES string of the molecule is Cc1nonc1CNC(C)COc1ccccc1. The fourth-order valence-electron chi connectivity index (χ4n) is 1.48. The topological polar surface area (TPSA) is 60.2 Å². The molecule has 1 unspecified atom stereocenters. The number of benzene rings is 1. The number of rotatable bonds is 6. The second kappa shape index (κ2) is 6.16. The van der Waals surface area contributed by atoms with Crippen LogP contribution in [-0.2, 0) is 6.54 Å². The standard InChI is InChI=1S/C13H17N3O2/c1-10(9-17-12-6-4-3-5-7-12)14-8-13-11(2)15-18-16-13/h3-7,10,14H,8-9H2,1-2H3. The molecule has 0 aliphatic rings. The second-order valence-corrected chi connectivity index (χ2v) is 4.20. The van der Waals surface area contributed by atoms with Crippen molar-refractivity contribution in [2.24, 2.45) is 0 Å². The van der Waals surface area contributed by atoms with Crippen molar-refractivity contribution < 1.29 is 9.37 Å². The van der Waals surface area contributed by atoms with E-state index in [1.807, 2.05) is 37.3 Å². The number of aromatic nitrogens is 2. The van der Waals surface area contributed by atoms with Crippen molar-refractivity contribution in [3.63, 3.8) is 0 Å². The summed E-state index contributed by atoms with van der Waals surface area (Å²) in [6.45, 7) is 5.17. The highest BCUT2D eigenvalue weighted by molar-refractivity contribution is 5.20. The number of aryl methyl sites for hydroxylation is 1. The summed E-state index contributed by atoms with van der Waals surface area (Å²) in [7, 11) is 0. The van der Waals surface area contributed by atoms with Gasteiger partial charge in [0.2, 0.25) is 0 Å². The molecule has 0 fully saturated rings. The minimum absolute atomic E-state index is 0.223. The summed E-state index contributed by atoms with van der Waals surface area (Å²) in [4.78, 5) is 0. The highest BCUT2D eigenvalue weighted by Gasteiger charge is 2.07. The molecular weight excluding hydrogens is 230 g/mol. The number of ether oxygens (including phenoxy) is 1. The fourth-order valence-corrected chi connectivity index (χ4v) is 1.48. The predicted molar refractivity (Wildman–Crippen MR) is 67.3 cm³/mol. The monoisotopic (exact) mass is 247 g/mol. The van der Waals surface area contributed by atoms with Gasteiger partial charge in [-0.05, 0) is 26.0 Å². The second-order valence-electron chi connectivity index (χ2n) is 4.20. The predicted octanol–water partition coefficient (Wildman–Crippen LogP) is 1.94. The molecule has 0 bridgehead atoms. The molecule has 1 heterocycles. The van der Waals surface area contributed by atoms with E-state index in [0.29, 0.717) is 13.2 Å². The maximum absolute atomic E-state index is 5.65. The Morgan fingerprint density at radius 1 is 1.28 bits per heavy atom. The highest BCUT2D eigenvalue weighted by atomic mass is 16.6. The zero-order valence-corrected chi connectivity index (χ0v) is 10.6. The van der Waals surface area contributed by atoms with Crippen LogP contribution in [-0.4, -0.2) is 23.0 Å². The van der Waals surface area contributed by atoms with Gasteiger partial charge in [0.15, 0.2) is 0 Å². The maximum atomic E-state index is 5.65. The van der Waals surface area contributed by atoms with Crippen molar-refractivity contribution in [2.45, 2.75) is 26.4 Å². The molecule has 0 aliphatic carbocycles. The van der Waals surface area contributed by atoms with Crippen LogP contribution in [0.1, 0.15) is 18.3 Å². The van der Waals surface area contributed by atoms with Crippen LogP contribution in [0.25, 0.3) is 0 Å². The summed E-state index contributed by atoms with van der Waals surface area (Å²) >= 11 is 0. The van der Waals surface area contributed by atoms with Gasteiger partial charge in [-0.2, -0.15) is 0 Å². The largest absolute Gasteiger partial charge is 0.492 e. The van der Waals surface area contributed by atoms with Crippen molar-refractivity contribution in [3.05, 3.63) is 41.7 Å². The molecule has 1 atom stereocenters. The molecule has 2 rings (SSSR count). The molecular formula is C13H17N3O2. The highest BCUT2D eigenvalue weighted by Crippen LogP contribution is 2.08. The van der Waals surface area contributed by atoms with Crippen LogP contribution in [0.3, 0.4) is 0 Å².